The lowest BCUT2D eigenvalue weighted by Gasteiger charge is -2.10. The fourth-order valence-electron chi connectivity index (χ4n) is 3.11. The summed E-state index contributed by atoms with van der Waals surface area (Å²) in [6, 6.07) is 8.55. The summed E-state index contributed by atoms with van der Waals surface area (Å²) in [5.41, 5.74) is 8.69. The van der Waals surface area contributed by atoms with Crippen LogP contribution in [0.1, 0.15) is 31.7 Å². The third-order valence-electron chi connectivity index (χ3n) is 4.30. The second-order valence-electron chi connectivity index (χ2n) is 5.96. The van der Waals surface area contributed by atoms with Crippen LogP contribution in [0.15, 0.2) is 30.5 Å². The second kappa shape index (κ2) is 6.94. The average molecular weight is 300 g/mol. The van der Waals surface area contributed by atoms with Crippen LogP contribution in [-0.2, 0) is 11.2 Å². The first kappa shape index (κ1) is 15.1. The molecule has 1 aromatic carbocycles. The zero-order valence-corrected chi connectivity index (χ0v) is 13.0. The number of benzene rings is 1. The molecule has 1 fully saturated rings. The van der Waals surface area contributed by atoms with E-state index in [4.69, 9.17) is 0 Å². The predicted octanol–water partition coefficient (Wildman–Crippen LogP) is 1.86. The number of aromatic nitrogens is 1. The van der Waals surface area contributed by atoms with Gasteiger partial charge in [0.05, 0.1) is 0 Å². The molecular formula is C17H24N4O. The van der Waals surface area contributed by atoms with Crippen molar-refractivity contribution in [3.05, 3.63) is 36.0 Å². The number of H-pyrrole nitrogens is 1. The van der Waals surface area contributed by atoms with Gasteiger partial charge in [0.2, 0.25) is 5.91 Å². The van der Waals surface area contributed by atoms with Gasteiger partial charge in [0, 0.05) is 29.7 Å². The number of carbonyl (C=O) groups excluding carboxylic acids is 1. The Hall–Kier alpha value is -1.85. The van der Waals surface area contributed by atoms with E-state index in [9.17, 15) is 4.79 Å². The van der Waals surface area contributed by atoms with Crippen molar-refractivity contribution >= 4 is 16.8 Å². The van der Waals surface area contributed by atoms with Gasteiger partial charge >= 0.3 is 0 Å². The van der Waals surface area contributed by atoms with Crippen molar-refractivity contribution in [1.29, 1.82) is 0 Å². The molecule has 1 saturated heterocycles. The smallest absolute Gasteiger partial charge is 0.238 e. The quantitative estimate of drug-likeness (QED) is 0.658. The summed E-state index contributed by atoms with van der Waals surface area (Å²) in [6.07, 6.45) is 5.98. The largest absolute Gasteiger partial charge is 0.361 e. The molecule has 118 valence electrons. The van der Waals surface area contributed by atoms with Gasteiger partial charge in [-0.25, -0.2) is 5.43 Å². The number of aromatic amines is 1. The minimum Gasteiger partial charge on any atom is -0.361 e. The van der Waals surface area contributed by atoms with Crippen LogP contribution in [0.3, 0.4) is 0 Å². The molecule has 2 heterocycles. The number of amides is 1. The fraction of sp³-hybridized carbons (Fsp3) is 0.471. The Morgan fingerprint density at radius 1 is 1.32 bits per heavy atom. The van der Waals surface area contributed by atoms with Gasteiger partial charge in [0.25, 0.3) is 0 Å². The van der Waals surface area contributed by atoms with E-state index in [1.807, 2.05) is 18.3 Å². The Bertz CT molecular complexity index is 636. The van der Waals surface area contributed by atoms with Gasteiger partial charge < -0.3 is 10.3 Å². The molecule has 0 spiro atoms. The van der Waals surface area contributed by atoms with Crippen LogP contribution >= 0.6 is 0 Å². The molecule has 3 rings (SSSR count). The summed E-state index contributed by atoms with van der Waals surface area (Å²) >= 11 is 0. The van der Waals surface area contributed by atoms with Crippen LogP contribution in [0.25, 0.3) is 10.9 Å². The molecule has 5 nitrogen and oxygen atoms in total. The van der Waals surface area contributed by atoms with Crippen LogP contribution in [-0.4, -0.2) is 29.5 Å². The van der Waals surface area contributed by atoms with Crippen molar-refractivity contribution in [3.63, 3.8) is 0 Å². The third kappa shape index (κ3) is 3.31. The maximum absolute atomic E-state index is 12.2. The lowest BCUT2D eigenvalue weighted by atomic mass is 10.1. The van der Waals surface area contributed by atoms with Crippen LogP contribution < -0.4 is 16.2 Å². The summed E-state index contributed by atoms with van der Waals surface area (Å²) < 4.78 is 0. The summed E-state index contributed by atoms with van der Waals surface area (Å²) in [5.74, 6) is 0.0888. The molecule has 0 radical (unpaired) electrons. The number of carbonyl (C=O) groups is 1. The van der Waals surface area contributed by atoms with E-state index >= 15 is 0 Å². The minimum absolute atomic E-state index is 0.0888. The molecule has 1 amide bonds. The van der Waals surface area contributed by atoms with Crippen molar-refractivity contribution < 1.29 is 4.79 Å². The number of rotatable bonds is 6. The molecule has 4 N–H and O–H groups in total. The van der Waals surface area contributed by atoms with Gasteiger partial charge in [0.1, 0.15) is 6.04 Å². The molecule has 2 atom stereocenters. The summed E-state index contributed by atoms with van der Waals surface area (Å²) in [5, 5.41) is 4.27. The molecular weight excluding hydrogens is 276 g/mol. The summed E-state index contributed by atoms with van der Waals surface area (Å²) in [7, 11) is 0. The highest BCUT2D eigenvalue weighted by atomic mass is 16.2. The van der Waals surface area contributed by atoms with Crippen LogP contribution in [0.4, 0.5) is 0 Å². The van der Waals surface area contributed by atoms with Crippen molar-refractivity contribution in [3.8, 4) is 0 Å². The Kier molecular flexibility index (Phi) is 4.75. The molecule has 5 heteroatoms. The number of nitrogens with one attached hydrogen (secondary N) is 4. The lowest BCUT2D eigenvalue weighted by molar-refractivity contribution is -0.122. The van der Waals surface area contributed by atoms with E-state index in [0.717, 1.165) is 31.2 Å². The Labute approximate surface area is 130 Å². The molecule has 0 bridgehead atoms. The highest BCUT2D eigenvalue weighted by molar-refractivity contribution is 5.84. The number of hydrazine groups is 1. The molecule has 22 heavy (non-hydrogen) atoms. The number of para-hydroxylation sites is 1. The van der Waals surface area contributed by atoms with Gasteiger partial charge in [-0.1, -0.05) is 31.5 Å². The topological polar surface area (TPSA) is 69.0 Å². The van der Waals surface area contributed by atoms with Crippen molar-refractivity contribution in [2.24, 2.45) is 0 Å². The van der Waals surface area contributed by atoms with Crippen molar-refractivity contribution in [2.45, 2.75) is 44.7 Å². The molecule has 0 aliphatic carbocycles. The zero-order chi connectivity index (χ0) is 15.4. The number of fused-ring (bicyclic) bond motifs is 1. The van der Waals surface area contributed by atoms with Gasteiger partial charge in [-0.2, -0.15) is 0 Å². The number of hydrogen-bond acceptors (Lipinski definition) is 3. The molecule has 1 aliphatic heterocycles. The van der Waals surface area contributed by atoms with Gasteiger partial charge in [-0.3, -0.25) is 10.2 Å². The molecule has 1 aliphatic rings. The van der Waals surface area contributed by atoms with Gasteiger partial charge in [0.15, 0.2) is 0 Å². The van der Waals surface area contributed by atoms with E-state index in [0.29, 0.717) is 12.6 Å². The van der Waals surface area contributed by atoms with E-state index < -0.39 is 0 Å². The summed E-state index contributed by atoms with van der Waals surface area (Å²) in [6.45, 7) is 2.83. The van der Waals surface area contributed by atoms with E-state index in [-0.39, 0.29) is 11.9 Å². The first-order chi connectivity index (χ1) is 10.8. The van der Waals surface area contributed by atoms with Gasteiger partial charge in [-0.05, 0) is 30.9 Å². The second-order valence-corrected chi connectivity index (χ2v) is 5.96. The van der Waals surface area contributed by atoms with Gasteiger partial charge in [-0.15, -0.1) is 0 Å². The highest BCUT2D eigenvalue weighted by Gasteiger charge is 2.28. The molecule has 1 aromatic heterocycles. The zero-order valence-electron chi connectivity index (χ0n) is 13.0. The number of hydrogen-bond donors (Lipinski definition) is 4. The van der Waals surface area contributed by atoms with E-state index in [2.05, 4.69) is 40.2 Å². The van der Waals surface area contributed by atoms with Crippen LogP contribution in [0, 0.1) is 0 Å². The predicted molar refractivity (Wildman–Crippen MR) is 88.4 cm³/mol. The van der Waals surface area contributed by atoms with Crippen molar-refractivity contribution in [2.75, 3.05) is 6.54 Å². The molecule has 2 unspecified atom stereocenters. The van der Waals surface area contributed by atoms with E-state index in [1.54, 1.807) is 0 Å². The first-order valence-electron chi connectivity index (χ1n) is 8.11. The SMILES string of the molecule is CCCC1CC(C(=O)NCCc2c[nH]c3ccccc23)NN1. The Morgan fingerprint density at radius 3 is 3.05 bits per heavy atom. The maximum atomic E-state index is 12.2. The average Bonchev–Trinajstić information content (AvgIpc) is 3.15. The molecule has 0 saturated carbocycles. The lowest BCUT2D eigenvalue weighted by Crippen LogP contribution is -2.43. The normalized spacial score (nSPS) is 21.3. The summed E-state index contributed by atoms with van der Waals surface area (Å²) in [4.78, 5) is 15.4. The Morgan fingerprint density at radius 2 is 2.18 bits per heavy atom. The standard InChI is InChI=1S/C17H24N4O/c1-2-5-13-10-16(21-20-13)17(22)18-9-8-12-11-19-15-7-4-3-6-14(12)15/h3-4,6-7,11,13,16,19-21H,2,5,8-10H2,1H3,(H,18,22). The van der Waals surface area contributed by atoms with E-state index in [1.165, 1.54) is 10.9 Å². The minimum atomic E-state index is -0.112. The fourth-order valence-corrected chi connectivity index (χ4v) is 3.11. The monoisotopic (exact) mass is 300 g/mol. The first-order valence-corrected chi connectivity index (χ1v) is 8.11. The maximum Gasteiger partial charge on any atom is 0.238 e. The van der Waals surface area contributed by atoms with Crippen LogP contribution in [0.5, 0.6) is 0 Å². The van der Waals surface area contributed by atoms with Crippen molar-refractivity contribution in [1.82, 2.24) is 21.2 Å². The van der Waals surface area contributed by atoms with Crippen LogP contribution in [0.2, 0.25) is 0 Å². The third-order valence-corrected chi connectivity index (χ3v) is 4.30. The molecule has 2 aromatic rings. The Balaban J connectivity index is 1.48. The highest BCUT2D eigenvalue weighted by Crippen LogP contribution is 2.17.